The second kappa shape index (κ2) is 6.37. The molecule has 0 saturated carbocycles. The van der Waals surface area contributed by atoms with Crippen LogP contribution in [0.4, 0.5) is 0 Å². The van der Waals surface area contributed by atoms with Gasteiger partial charge in [-0.3, -0.25) is 9.89 Å². The summed E-state index contributed by atoms with van der Waals surface area (Å²) in [5, 5.41) is 8.27. The van der Waals surface area contributed by atoms with E-state index in [9.17, 15) is 4.79 Å². The van der Waals surface area contributed by atoms with Crippen molar-refractivity contribution in [2.24, 2.45) is 0 Å². The van der Waals surface area contributed by atoms with Crippen LogP contribution in [-0.4, -0.2) is 27.5 Å². The number of nitrogens with zero attached hydrogens (tertiary/aromatic N) is 2. The molecule has 4 rings (SSSR count). The number of fused-ring (bicyclic) bond motifs is 1. The topological polar surface area (TPSA) is 49.0 Å². The van der Waals surface area contributed by atoms with Gasteiger partial charge in [0.15, 0.2) is 0 Å². The third-order valence-electron chi connectivity index (χ3n) is 4.58. The third kappa shape index (κ3) is 3.05. The van der Waals surface area contributed by atoms with Crippen molar-refractivity contribution in [3.05, 3.63) is 75.9 Å². The Morgan fingerprint density at radius 2 is 2.04 bits per heavy atom. The van der Waals surface area contributed by atoms with E-state index >= 15 is 0 Å². The molecule has 0 aliphatic carbocycles. The number of aromatic nitrogens is 2. The molecule has 3 aromatic rings. The molecule has 0 atom stereocenters. The fourth-order valence-electron chi connectivity index (χ4n) is 3.30. The van der Waals surface area contributed by atoms with Gasteiger partial charge in [-0.1, -0.05) is 41.4 Å². The molecule has 1 amide bonds. The minimum absolute atomic E-state index is 0.0626. The summed E-state index contributed by atoms with van der Waals surface area (Å²) < 4.78 is 0. The Morgan fingerprint density at radius 3 is 2.84 bits per heavy atom. The standard InChI is InChI=1S/C20H18ClN3O/c1-13-4-2-6-15(10-13)20(25)24-9-8-18-17(12-24)19(23-22-18)14-5-3-7-16(21)11-14/h2-7,10-11H,8-9,12H2,1H3,(H,22,23). The summed E-state index contributed by atoms with van der Waals surface area (Å²) >= 11 is 6.12. The lowest BCUT2D eigenvalue weighted by Gasteiger charge is -2.27. The lowest BCUT2D eigenvalue weighted by molar-refractivity contribution is 0.0734. The van der Waals surface area contributed by atoms with Gasteiger partial charge in [0, 0.05) is 46.9 Å². The van der Waals surface area contributed by atoms with E-state index in [1.54, 1.807) is 0 Å². The third-order valence-corrected chi connectivity index (χ3v) is 4.82. The maximum Gasteiger partial charge on any atom is 0.254 e. The highest BCUT2D eigenvalue weighted by Gasteiger charge is 2.26. The molecule has 0 spiro atoms. The molecule has 0 bridgehead atoms. The number of hydrogen-bond acceptors (Lipinski definition) is 2. The highest BCUT2D eigenvalue weighted by molar-refractivity contribution is 6.30. The molecule has 0 unspecified atom stereocenters. The molecule has 1 aliphatic heterocycles. The van der Waals surface area contributed by atoms with Crippen molar-refractivity contribution in [3.8, 4) is 11.3 Å². The van der Waals surface area contributed by atoms with Crippen LogP contribution in [0, 0.1) is 6.92 Å². The average molecular weight is 352 g/mol. The summed E-state index contributed by atoms with van der Waals surface area (Å²) in [6.45, 7) is 3.25. The Bertz CT molecular complexity index is 948. The van der Waals surface area contributed by atoms with Crippen molar-refractivity contribution < 1.29 is 4.79 Å². The minimum atomic E-state index is 0.0626. The van der Waals surface area contributed by atoms with Crippen molar-refractivity contribution in [2.75, 3.05) is 6.54 Å². The Hall–Kier alpha value is -2.59. The fourth-order valence-corrected chi connectivity index (χ4v) is 3.49. The first-order valence-corrected chi connectivity index (χ1v) is 8.67. The van der Waals surface area contributed by atoms with Gasteiger partial charge in [-0.25, -0.2) is 0 Å². The summed E-state index contributed by atoms with van der Waals surface area (Å²) in [4.78, 5) is 14.7. The van der Waals surface area contributed by atoms with Crippen LogP contribution in [0.25, 0.3) is 11.3 Å². The van der Waals surface area contributed by atoms with Gasteiger partial charge in [0.05, 0.1) is 5.69 Å². The van der Waals surface area contributed by atoms with Crippen LogP contribution in [0.1, 0.15) is 27.2 Å². The predicted octanol–water partition coefficient (Wildman–Crippen LogP) is 4.24. The van der Waals surface area contributed by atoms with Gasteiger partial charge in [-0.05, 0) is 31.2 Å². The smallest absolute Gasteiger partial charge is 0.254 e. The van der Waals surface area contributed by atoms with E-state index in [0.717, 1.165) is 40.1 Å². The average Bonchev–Trinajstić information content (AvgIpc) is 3.04. The molecule has 4 nitrogen and oxygen atoms in total. The number of amides is 1. The Morgan fingerprint density at radius 1 is 1.20 bits per heavy atom. The van der Waals surface area contributed by atoms with Gasteiger partial charge in [0.1, 0.15) is 0 Å². The monoisotopic (exact) mass is 351 g/mol. The summed E-state index contributed by atoms with van der Waals surface area (Å²) in [5.41, 5.74) is 5.84. The molecule has 5 heteroatoms. The molecular formula is C20H18ClN3O. The number of carbonyl (C=O) groups is 1. The van der Waals surface area contributed by atoms with Gasteiger partial charge < -0.3 is 4.90 Å². The summed E-state index contributed by atoms with van der Waals surface area (Å²) in [6, 6.07) is 15.4. The van der Waals surface area contributed by atoms with Crippen molar-refractivity contribution >= 4 is 17.5 Å². The van der Waals surface area contributed by atoms with Crippen LogP contribution in [0.15, 0.2) is 48.5 Å². The van der Waals surface area contributed by atoms with Gasteiger partial charge in [-0.15, -0.1) is 0 Å². The van der Waals surface area contributed by atoms with Crippen molar-refractivity contribution in [1.82, 2.24) is 15.1 Å². The Balaban J connectivity index is 1.65. The lowest BCUT2D eigenvalue weighted by atomic mass is 10.00. The number of benzene rings is 2. The molecule has 2 aromatic carbocycles. The van der Waals surface area contributed by atoms with Crippen LogP contribution in [-0.2, 0) is 13.0 Å². The predicted molar refractivity (Wildman–Crippen MR) is 98.7 cm³/mol. The van der Waals surface area contributed by atoms with Gasteiger partial charge >= 0.3 is 0 Å². The Kier molecular flexibility index (Phi) is 4.06. The molecule has 2 heterocycles. The second-order valence-electron chi connectivity index (χ2n) is 6.39. The SMILES string of the molecule is Cc1cccc(C(=O)N2CCc3[nH]nc(-c4cccc(Cl)c4)c3C2)c1. The molecule has 0 saturated heterocycles. The van der Waals surface area contributed by atoms with Crippen molar-refractivity contribution in [3.63, 3.8) is 0 Å². The van der Waals surface area contributed by atoms with E-state index in [1.165, 1.54) is 0 Å². The molecule has 126 valence electrons. The van der Waals surface area contributed by atoms with Crippen LogP contribution >= 0.6 is 11.6 Å². The van der Waals surface area contributed by atoms with E-state index in [0.29, 0.717) is 18.1 Å². The molecule has 1 aromatic heterocycles. The second-order valence-corrected chi connectivity index (χ2v) is 6.82. The number of aromatic amines is 1. The van der Waals surface area contributed by atoms with Crippen LogP contribution in [0.3, 0.4) is 0 Å². The molecule has 1 N–H and O–H groups in total. The van der Waals surface area contributed by atoms with Crippen molar-refractivity contribution in [1.29, 1.82) is 0 Å². The van der Waals surface area contributed by atoms with Gasteiger partial charge in [0.2, 0.25) is 0 Å². The normalized spacial score (nSPS) is 13.6. The largest absolute Gasteiger partial charge is 0.334 e. The molecular weight excluding hydrogens is 334 g/mol. The number of rotatable bonds is 2. The zero-order valence-electron chi connectivity index (χ0n) is 13.9. The summed E-state index contributed by atoms with van der Waals surface area (Å²) in [6.07, 6.45) is 0.778. The summed E-state index contributed by atoms with van der Waals surface area (Å²) in [7, 11) is 0. The lowest BCUT2D eigenvalue weighted by Crippen LogP contribution is -2.35. The van der Waals surface area contributed by atoms with Crippen LogP contribution in [0.2, 0.25) is 5.02 Å². The van der Waals surface area contributed by atoms with E-state index < -0.39 is 0 Å². The molecule has 1 aliphatic rings. The van der Waals surface area contributed by atoms with E-state index in [1.807, 2.05) is 60.4 Å². The van der Waals surface area contributed by atoms with Crippen molar-refractivity contribution in [2.45, 2.75) is 19.9 Å². The first-order chi connectivity index (χ1) is 12.1. The number of halogens is 1. The molecule has 0 radical (unpaired) electrons. The number of aryl methyl sites for hydroxylation is 1. The molecule has 25 heavy (non-hydrogen) atoms. The van der Waals surface area contributed by atoms with Gasteiger partial charge in [0.25, 0.3) is 5.91 Å². The highest BCUT2D eigenvalue weighted by Crippen LogP contribution is 2.30. The number of H-pyrrole nitrogens is 1. The number of hydrogen-bond donors (Lipinski definition) is 1. The minimum Gasteiger partial charge on any atom is -0.334 e. The van der Waals surface area contributed by atoms with Crippen LogP contribution in [0.5, 0.6) is 0 Å². The Labute approximate surface area is 151 Å². The maximum atomic E-state index is 12.9. The first kappa shape index (κ1) is 15.9. The maximum absolute atomic E-state index is 12.9. The van der Waals surface area contributed by atoms with E-state index in [4.69, 9.17) is 11.6 Å². The van der Waals surface area contributed by atoms with Gasteiger partial charge in [-0.2, -0.15) is 5.10 Å². The zero-order valence-corrected chi connectivity index (χ0v) is 14.7. The quantitative estimate of drug-likeness (QED) is 0.750. The molecule has 0 fully saturated rings. The number of nitrogens with one attached hydrogen (secondary N) is 1. The van der Waals surface area contributed by atoms with E-state index in [2.05, 4.69) is 10.2 Å². The summed E-state index contributed by atoms with van der Waals surface area (Å²) in [5.74, 6) is 0.0626. The van der Waals surface area contributed by atoms with E-state index in [-0.39, 0.29) is 5.91 Å². The first-order valence-electron chi connectivity index (χ1n) is 8.30. The number of carbonyl (C=O) groups excluding carboxylic acids is 1. The fraction of sp³-hybridized carbons (Fsp3) is 0.200. The zero-order chi connectivity index (χ0) is 17.4. The van der Waals surface area contributed by atoms with Crippen LogP contribution < -0.4 is 0 Å². The highest BCUT2D eigenvalue weighted by atomic mass is 35.5.